The molecule has 0 fully saturated rings. The Balaban J connectivity index is 2.53. The lowest BCUT2D eigenvalue weighted by Gasteiger charge is -2.21. The second-order valence-electron chi connectivity index (χ2n) is 4.76. The minimum Gasteiger partial charge on any atom is -0.306 e. The molecule has 0 saturated heterocycles. The smallest absolute Gasteiger partial charge is 0.142 e. The molecule has 1 N–H and O–H groups in total. The number of nitrogens with one attached hydrogen (secondary N) is 1. The predicted octanol–water partition coefficient (Wildman–Crippen LogP) is 4.30. The average molecular weight is 337 g/mol. The highest BCUT2D eigenvalue weighted by molar-refractivity contribution is 9.10. The summed E-state index contributed by atoms with van der Waals surface area (Å²) in [5, 5.41) is 3.34. The lowest BCUT2D eigenvalue weighted by Crippen LogP contribution is -2.24. The van der Waals surface area contributed by atoms with Gasteiger partial charge in [0.2, 0.25) is 0 Å². The van der Waals surface area contributed by atoms with Crippen LogP contribution in [-0.2, 0) is 0 Å². The molecule has 0 aliphatic carbocycles. The number of hydrogen-bond acceptors (Lipinski definition) is 2. The molecule has 1 heterocycles. The zero-order chi connectivity index (χ0) is 14.7. The van der Waals surface area contributed by atoms with Crippen LogP contribution >= 0.6 is 15.9 Å². The van der Waals surface area contributed by atoms with Crippen molar-refractivity contribution in [1.82, 2.24) is 10.3 Å². The van der Waals surface area contributed by atoms with E-state index in [9.17, 15) is 4.39 Å². The van der Waals surface area contributed by atoms with E-state index >= 15 is 0 Å². The number of aromatic nitrogens is 1. The van der Waals surface area contributed by atoms with Crippen molar-refractivity contribution >= 4 is 15.9 Å². The number of benzene rings is 1. The molecular weight excluding hydrogens is 319 g/mol. The third-order valence-corrected chi connectivity index (χ3v) is 3.89. The maximum absolute atomic E-state index is 14.4. The topological polar surface area (TPSA) is 24.9 Å². The van der Waals surface area contributed by atoms with E-state index in [1.807, 2.05) is 45.0 Å². The molecule has 20 heavy (non-hydrogen) atoms. The van der Waals surface area contributed by atoms with Crippen molar-refractivity contribution in [3.8, 4) is 0 Å². The molecule has 0 aliphatic rings. The van der Waals surface area contributed by atoms with Crippen LogP contribution in [0, 0.1) is 19.7 Å². The largest absolute Gasteiger partial charge is 0.306 e. The molecule has 106 valence electrons. The minimum absolute atomic E-state index is 0.189. The first-order valence-corrected chi connectivity index (χ1v) is 7.45. The molecular formula is C16H18BrFN2. The van der Waals surface area contributed by atoms with Crippen LogP contribution in [0.4, 0.5) is 4.39 Å². The summed E-state index contributed by atoms with van der Waals surface area (Å²) in [5.41, 5.74) is 3.54. The highest BCUT2D eigenvalue weighted by Gasteiger charge is 2.20. The molecule has 2 nitrogen and oxygen atoms in total. The van der Waals surface area contributed by atoms with E-state index in [2.05, 4.69) is 26.2 Å². The third kappa shape index (κ3) is 3.07. The lowest BCUT2D eigenvalue weighted by molar-refractivity contribution is 0.552. The van der Waals surface area contributed by atoms with Crippen LogP contribution in [0.5, 0.6) is 0 Å². The zero-order valence-electron chi connectivity index (χ0n) is 11.9. The Hall–Kier alpha value is -1.26. The molecule has 1 unspecified atom stereocenters. The molecule has 2 rings (SSSR count). The zero-order valence-corrected chi connectivity index (χ0v) is 13.5. The molecule has 1 aromatic carbocycles. The van der Waals surface area contributed by atoms with Gasteiger partial charge in [-0.05, 0) is 54.0 Å². The van der Waals surface area contributed by atoms with Crippen LogP contribution in [0.2, 0.25) is 0 Å². The summed E-state index contributed by atoms with van der Waals surface area (Å²) >= 11 is 3.25. The van der Waals surface area contributed by atoms with E-state index in [0.717, 1.165) is 23.5 Å². The fourth-order valence-corrected chi connectivity index (χ4v) is 2.72. The summed E-state index contributed by atoms with van der Waals surface area (Å²) in [5.74, 6) is -0.224. The van der Waals surface area contributed by atoms with Gasteiger partial charge in [0.25, 0.3) is 0 Å². The molecule has 2 aromatic rings. The van der Waals surface area contributed by atoms with Crippen molar-refractivity contribution in [2.75, 3.05) is 6.54 Å². The number of pyridine rings is 1. The van der Waals surface area contributed by atoms with Crippen LogP contribution in [0.25, 0.3) is 0 Å². The fourth-order valence-electron chi connectivity index (χ4n) is 2.34. The first kappa shape index (κ1) is 15.1. The first-order chi connectivity index (χ1) is 9.54. The van der Waals surface area contributed by atoms with E-state index in [1.54, 1.807) is 6.07 Å². The van der Waals surface area contributed by atoms with E-state index in [-0.39, 0.29) is 11.9 Å². The number of halogens is 2. The Kier molecular flexibility index (Phi) is 4.89. The van der Waals surface area contributed by atoms with Gasteiger partial charge in [0.05, 0.1) is 10.5 Å². The van der Waals surface area contributed by atoms with Crippen LogP contribution in [-0.4, -0.2) is 11.5 Å². The number of rotatable bonds is 4. The second-order valence-corrected chi connectivity index (χ2v) is 5.62. The standard InChI is InChI=1S/C16H18BrFN2/c1-4-19-16(12-9-8-10(2)20-11(12)3)13-6-5-7-14(17)15(13)18/h5-9,16,19H,4H2,1-3H3. The molecule has 1 aromatic heterocycles. The van der Waals surface area contributed by atoms with Gasteiger partial charge >= 0.3 is 0 Å². The molecule has 0 aliphatic heterocycles. The van der Waals surface area contributed by atoms with Crippen molar-refractivity contribution in [3.63, 3.8) is 0 Å². The van der Waals surface area contributed by atoms with Gasteiger partial charge in [0.15, 0.2) is 0 Å². The van der Waals surface area contributed by atoms with Gasteiger partial charge in [-0.25, -0.2) is 4.39 Å². The maximum Gasteiger partial charge on any atom is 0.142 e. The molecule has 4 heteroatoms. The van der Waals surface area contributed by atoms with E-state index < -0.39 is 0 Å². The van der Waals surface area contributed by atoms with Gasteiger partial charge in [-0.3, -0.25) is 4.98 Å². The Morgan fingerprint density at radius 2 is 1.95 bits per heavy atom. The highest BCUT2D eigenvalue weighted by Crippen LogP contribution is 2.29. The molecule has 0 amide bonds. The Morgan fingerprint density at radius 1 is 1.20 bits per heavy atom. The number of aryl methyl sites for hydroxylation is 2. The van der Waals surface area contributed by atoms with Crippen LogP contribution in [0.15, 0.2) is 34.8 Å². The molecule has 0 radical (unpaired) electrons. The van der Waals surface area contributed by atoms with Crippen molar-refractivity contribution in [3.05, 3.63) is 63.1 Å². The van der Waals surface area contributed by atoms with Crippen LogP contribution in [0.1, 0.15) is 35.5 Å². The lowest BCUT2D eigenvalue weighted by atomic mass is 9.97. The van der Waals surface area contributed by atoms with Gasteiger partial charge in [-0.15, -0.1) is 0 Å². The quantitative estimate of drug-likeness (QED) is 0.900. The van der Waals surface area contributed by atoms with Crippen LogP contribution < -0.4 is 5.32 Å². The summed E-state index contributed by atoms with van der Waals surface area (Å²) < 4.78 is 14.8. The predicted molar refractivity (Wildman–Crippen MR) is 83.3 cm³/mol. The fraction of sp³-hybridized carbons (Fsp3) is 0.312. The van der Waals surface area contributed by atoms with E-state index in [4.69, 9.17) is 0 Å². The first-order valence-electron chi connectivity index (χ1n) is 6.66. The monoisotopic (exact) mass is 336 g/mol. The van der Waals surface area contributed by atoms with Gasteiger partial charge in [0, 0.05) is 17.0 Å². The summed E-state index contributed by atoms with van der Waals surface area (Å²) in [4.78, 5) is 4.48. The van der Waals surface area contributed by atoms with E-state index in [0.29, 0.717) is 10.0 Å². The molecule has 1 atom stereocenters. The Morgan fingerprint density at radius 3 is 2.60 bits per heavy atom. The SMILES string of the molecule is CCNC(c1ccc(C)nc1C)c1cccc(Br)c1F. The minimum atomic E-state index is -0.224. The third-order valence-electron chi connectivity index (χ3n) is 3.28. The van der Waals surface area contributed by atoms with Gasteiger partial charge < -0.3 is 5.32 Å². The summed E-state index contributed by atoms with van der Waals surface area (Å²) in [6.45, 7) is 6.69. The normalized spacial score (nSPS) is 12.4. The van der Waals surface area contributed by atoms with Crippen molar-refractivity contribution in [2.24, 2.45) is 0 Å². The Bertz CT molecular complexity index is 613. The van der Waals surface area contributed by atoms with Crippen LogP contribution in [0.3, 0.4) is 0 Å². The summed E-state index contributed by atoms with van der Waals surface area (Å²) in [6.07, 6.45) is 0. The van der Waals surface area contributed by atoms with Gasteiger partial charge in [-0.1, -0.05) is 25.1 Å². The molecule has 0 spiro atoms. The van der Waals surface area contributed by atoms with Gasteiger partial charge in [-0.2, -0.15) is 0 Å². The summed E-state index contributed by atoms with van der Waals surface area (Å²) in [6, 6.07) is 9.16. The van der Waals surface area contributed by atoms with Gasteiger partial charge in [0.1, 0.15) is 5.82 Å². The molecule has 0 bridgehead atoms. The number of hydrogen-bond donors (Lipinski definition) is 1. The summed E-state index contributed by atoms with van der Waals surface area (Å²) in [7, 11) is 0. The van der Waals surface area contributed by atoms with E-state index in [1.165, 1.54) is 0 Å². The highest BCUT2D eigenvalue weighted by atomic mass is 79.9. The number of nitrogens with zero attached hydrogens (tertiary/aromatic N) is 1. The van der Waals surface area contributed by atoms with Crippen molar-refractivity contribution < 1.29 is 4.39 Å². The Labute approximate surface area is 127 Å². The maximum atomic E-state index is 14.4. The van der Waals surface area contributed by atoms with Crippen molar-refractivity contribution in [2.45, 2.75) is 26.8 Å². The molecule has 0 saturated carbocycles. The van der Waals surface area contributed by atoms with Crippen molar-refractivity contribution in [1.29, 1.82) is 0 Å². The average Bonchev–Trinajstić information content (AvgIpc) is 2.40. The second kappa shape index (κ2) is 6.46.